The molecule has 100 valence electrons. The zero-order chi connectivity index (χ0) is 13.8. The Morgan fingerprint density at radius 1 is 1.53 bits per heavy atom. The zero-order valence-electron chi connectivity index (χ0n) is 10.9. The van der Waals surface area contributed by atoms with E-state index in [-0.39, 0.29) is 6.04 Å². The highest BCUT2D eigenvalue weighted by Gasteiger charge is 2.14. The summed E-state index contributed by atoms with van der Waals surface area (Å²) in [4.78, 5) is 21.1. The third kappa shape index (κ3) is 3.08. The van der Waals surface area contributed by atoms with Crippen molar-refractivity contribution in [2.45, 2.75) is 26.3 Å². The number of amides is 1. The van der Waals surface area contributed by atoms with E-state index >= 15 is 0 Å². The summed E-state index contributed by atoms with van der Waals surface area (Å²) >= 11 is 1.66. The molecule has 0 saturated heterocycles. The minimum absolute atomic E-state index is 0.0155. The molecule has 3 N–H and O–H groups in total. The van der Waals surface area contributed by atoms with Crippen LogP contribution in [0.5, 0.6) is 0 Å². The smallest absolute Gasteiger partial charge is 0.252 e. The fraction of sp³-hybridized carbons (Fsp3) is 0.308. The Balaban J connectivity index is 2.19. The molecular weight excluding hydrogens is 260 g/mol. The molecule has 0 saturated carbocycles. The number of aromatic nitrogens is 2. The third-order valence-corrected chi connectivity index (χ3v) is 4.04. The summed E-state index contributed by atoms with van der Waals surface area (Å²) in [5.41, 5.74) is 5.71. The second-order valence-electron chi connectivity index (χ2n) is 4.15. The summed E-state index contributed by atoms with van der Waals surface area (Å²) in [6.07, 6.45) is 4.48. The van der Waals surface area contributed by atoms with E-state index in [0.717, 1.165) is 11.4 Å². The lowest BCUT2D eigenvalue weighted by Gasteiger charge is -2.13. The number of hydrogen-bond donors (Lipinski definition) is 2. The number of primary amides is 1. The standard InChI is InChI=1S/C13H16N4OS/c1-3-9-7-16-13(19-9)8(2)17-12-10(11(14)18)5-4-6-15-12/h4-8H,3H2,1-2H3,(H2,14,18)(H,15,17). The zero-order valence-corrected chi connectivity index (χ0v) is 11.7. The number of anilines is 1. The quantitative estimate of drug-likeness (QED) is 0.878. The molecular formula is C13H16N4OS. The fourth-order valence-electron chi connectivity index (χ4n) is 1.67. The number of rotatable bonds is 5. The number of pyridine rings is 1. The number of nitrogens with two attached hydrogens (primary N) is 1. The Morgan fingerprint density at radius 2 is 2.32 bits per heavy atom. The van der Waals surface area contributed by atoms with Gasteiger partial charge in [0.2, 0.25) is 0 Å². The maximum atomic E-state index is 11.3. The summed E-state index contributed by atoms with van der Waals surface area (Å²) in [6.45, 7) is 4.08. The van der Waals surface area contributed by atoms with Crippen LogP contribution in [0.15, 0.2) is 24.5 Å². The van der Waals surface area contributed by atoms with Crippen LogP contribution < -0.4 is 11.1 Å². The molecule has 0 aliphatic carbocycles. The number of hydrogen-bond acceptors (Lipinski definition) is 5. The number of thiazole rings is 1. The van der Waals surface area contributed by atoms with Crippen LogP contribution in [0.4, 0.5) is 5.82 Å². The number of aryl methyl sites for hydroxylation is 1. The number of nitrogens with one attached hydrogen (secondary N) is 1. The molecule has 2 heterocycles. The molecule has 2 rings (SSSR count). The van der Waals surface area contributed by atoms with E-state index in [9.17, 15) is 4.79 Å². The lowest BCUT2D eigenvalue weighted by molar-refractivity contribution is 0.100. The first-order valence-electron chi connectivity index (χ1n) is 6.07. The molecule has 0 radical (unpaired) electrons. The van der Waals surface area contributed by atoms with E-state index in [0.29, 0.717) is 11.4 Å². The normalized spacial score (nSPS) is 12.1. The average Bonchev–Trinajstić information content (AvgIpc) is 2.88. The lowest BCUT2D eigenvalue weighted by atomic mass is 10.2. The van der Waals surface area contributed by atoms with Gasteiger partial charge in [-0.05, 0) is 25.5 Å². The van der Waals surface area contributed by atoms with Gasteiger partial charge in [0.25, 0.3) is 5.91 Å². The average molecular weight is 276 g/mol. The van der Waals surface area contributed by atoms with Gasteiger partial charge in [0, 0.05) is 17.3 Å². The van der Waals surface area contributed by atoms with E-state index < -0.39 is 5.91 Å². The van der Waals surface area contributed by atoms with Gasteiger partial charge in [-0.2, -0.15) is 0 Å². The van der Waals surface area contributed by atoms with Gasteiger partial charge in [-0.1, -0.05) is 6.92 Å². The second kappa shape index (κ2) is 5.79. The Kier molecular flexibility index (Phi) is 4.11. The van der Waals surface area contributed by atoms with Crippen LogP contribution in [0.25, 0.3) is 0 Å². The van der Waals surface area contributed by atoms with Crippen LogP contribution >= 0.6 is 11.3 Å². The van der Waals surface area contributed by atoms with Gasteiger partial charge in [0.05, 0.1) is 11.6 Å². The molecule has 2 aromatic heterocycles. The topological polar surface area (TPSA) is 80.9 Å². The van der Waals surface area contributed by atoms with E-state index in [1.165, 1.54) is 4.88 Å². The van der Waals surface area contributed by atoms with Crippen LogP contribution in [0.1, 0.15) is 40.1 Å². The molecule has 0 spiro atoms. The minimum Gasteiger partial charge on any atom is -0.365 e. The van der Waals surface area contributed by atoms with Crippen molar-refractivity contribution in [1.29, 1.82) is 0 Å². The molecule has 0 aromatic carbocycles. The number of carbonyl (C=O) groups is 1. The van der Waals surface area contributed by atoms with Gasteiger partial charge in [0.1, 0.15) is 10.8 Å². The molecule has 1 atom stereocenters. The molecule has 0 fully saturated rings. The van der Waals surface area contributed by atoms with E-state index in [1.807, 2.05) is 13.1 Å². The van der Waals surface area contributed by atoms with Gasteiger partial charge in [0.15, 0.2) is 0 Å². The van der Waals surface area contributed by atoms with Crippen molar-refractivity contribution < 1.29 is 4.79 Å². The van der Waals surface area contributed by atoms with Gasteiger partial charge < -0.3 is 11.1 Å². The summed E-state index contributed by atoms with van der Waals surface area (Å²) < 4.78 is 0. The van der Waals surface area contributed by atoms with Crippen molar-refractivity contribution in [2.75, 3.05) is 5.32 Å². The van der Waals surface area contributed by atoms with Crippen molar-refractivity contribution in [3.8, 4) is 0 Å². The minimum atomic E-state index is -0.490. The van der Waals surface area contributed by atoms with Gasteiger partial charge in [-0.25, -0.2) is 9.97 Å². The Hall–Kier alpha value is -1.95. The van der Waals surface area contributed by atoms with Crippen molar-refractivity contribution in [3.05, 3.63) is 40.0 Å². The fourth-order valence-corrected chi connectivity index (χ4v) is 2.53. The van der Waals surface area contributed by atoms with Crippen LogP contribution in [-0.4, -0.2) is 15.9 Å². The molecule has 19 heavy (non-hydrogen) atoms. The first-order chi connectivity index (χ1) is 9.11. The highest BCUT2D eigenvalue weighted by Crippen LogP contribution is 2.24. The van der Waals surface area contributed by atoms with Crippen molar-refractivity contribution in [3.63, 3.8) is 0 Å². The van der Waals surface area contributed by atoms with Crippen LogP contribution in [0, 0.1) is 0 Å². The molecule has 0 aliphatic rings. The van der Waals surface area contributed by atoms with E-state index in [4.69, 9.17) is 5.73 Å². The monoisotopic (exact) mass is 276 g/mol. The predicted octanol–water partition coefficient (Wildman–Crippen LogP) is 2.37. The molecule has 2 aromatic rings. The molecule has 5 nitrogen and oxygen atoms in total. The summed E-state index contributed by atoms with van der Waals surface area (Å²) in [6, 6.07) is 3.33. The maximum Gasteiger partial charge on any atom is 0.252 e. The van der Waals surface area contributed by atoms with Crippen molar-refractivity contribution in [2.24, 2.45) is 5.73 Å². The first kappa shape index (κ1) is 13.5. The Morgan fingerprint density at radius 3 is 2.95 bits per heavy atom. The van der Waals surface area contributed by atoms with Crippen molar-refractivity contribution >= 4 is 23.1 Å². The Labute approximate surface area is 115 Å². The molecule has 1 unspecified atom stereocenters. The van der Waals surface area contributed by atoms with Gasteiger partial charge >= 0.3 is 0 Å². The van der Waals surface area contributed by atoms with E-state index in [2.05, 4.69) is 22.2 Å². The summed E-state index contributed by atoms with van der Waals surface area (Å²) in [5.74, 6) is 0.00642. The van der Waals surface area contributed by atoms with E-state index in [1.54, 1.807) is 29.7 Å². The maximum absolute atomic E-state index is 11.3. The van der Waals surface area contributed by atoms with Gasteiger partial charge in [-0.3, -0.25) is 4.79 Å². The highest BCUT2D eigenvalue weighted by atomic mass is 32.1. The highest BCUT2D eigenvalue weighted by molar-refractivity contribution is 7.11. The lowest BCUT2D eigenvalue weighted by Crippen LogP contribution is -2.16. The number of carbonyl (C=O) groups excluding carboxylic acids is 1. The SMILES string of the molecule is CCc1cnc(C(C)Nc2ncccc2C(N)=O)s1. The van der Waals surface area contributed by atoms with Crippen LogP contribution in [0.3, 0.4) is 0 Å². The van der Waals surface area contributed by atoms with Crippen molar-refractivity contribution in [1.82, 2.24) is 9.97 Å². The third-order valence-electron chi connectivity index (χ3n) is 2.72. The number of nitrogens with zero attached hydrogens (tertiary/aromatic N) is 2. The second-order valence-corrected chi connectivity index (χ2v) is 5.29. The molecule has 0 aliphatic heterocycles. The largest absolute Gasteiger partial charge is 0.365 e. The summed E-state index contributed by atoms with van der Waals surface area (Å²) in [5, 5.41) is 4.15. The molecule has 6 heteroatoms. The predicted molar refractivity (Wildman–Crippen MR) is 76.3 cm³/mol. The first-order valence-corrected chi connectivity index (χ1v) is 6.89. The molecule has 0 bridgehead atoms. The van der Waals surface area contributed by atoms with Gasteiger partial charge in [-0.15, -0.1) is 11.3 Å². The van der Waals surface area contributed by atoms with Crippen LogP contribution in [-0.2, 0) is 6.42 Å². The molecule has 1 amide bonds. The Bertz CT molecular complexity index is 582. The summed E-state index contributed by atoms with van der Waals surface area (Å²) in [7, 11) is 0. The van der Waals surface area contributed by atoms with Crippen LogP contribution in [0.2, 0.25) is 0 Å².